The molecule has 35 heavy (non-hydrogen) atoms. The van der Waals surface area contributed by atoms with Gasteiger partial charge in [-0.05, 0) is 54.8 Å². The van der Waals surface area contributed by atoms with Crippen molar-refractivity contribution < 1.29 is 4.74 Å². The van der Waals surface area contributed by atoms with E-state index in [1.807, 2.05) is 36.6 Å². The third kappa shape index (κ3) is 4.57. The Bertz CT molecular complexity index is 1560. The average molecular weight is 500 g/mol. The van der Waals surface area contributed by atoms with Crippen LogP contribution in [0.5, 0.6) is 11.5 Å². The van der Waals surface area contributed by atoms with Gasteiger partial charge in [0.2, 0.25) is 5.95 Å². The lowest BCUT2D eigenvalue weighted by atomic mass is 10.1. The summed E-state index contributed by atoms with van der Waals surface area (Å²) in [6.07, 6.45) is 11.1. The molecule has 3 aromatic heterocycles. The molecular formula is C25H18ClN7OS. The van der Waals surface area contributed by atoms with E-state index in [4.69, 9.17) is 28.5 Å². The van der Waals surface area contributed by atoms with Gasteiger partial charge in [-0.25, -0.2) is 4.98 Å². The third-order valence-electron chi connectivity index (χ3n) is 5.06. The highest BCUT2D eigenvalue weighted by molar-refractivity contribution is 7.98. The summed E-state index contributed by atoms with van der Waals surface area (Å²) in [6.45, 7) is 0. The number of halogens is 1. The molecule has 0 saturated heterocycles. The number of terminal acetylenes is 1. The summed E-state index contributed by atoms with van der Waals surface area (Å²) in [4.78, 5) is 13.1. The van der Waals surface area contributed by atoms with E-state index >= 15 is 0 Å². The molecule has 0 aliphatic carbocycles. The molecule has 3 heterocycles. The van der Waals surface area contributed by atoms with Gasteiger partial charge in [0, 0.05) is 23.6 Å². The average Bonchev–Trinajstić information content (AvgIpc) is 3.28. The summed E-state index contributed by atoms with van der Waals surface area (Å²) >= 11 is 7.73. The number of hydrogen-bond acceptors (Lipinski definition) is 8. The van der Waals surface area contributed by atoms with Gasteiger partial charge in [0.25, 0.3) is 5.78 Å². The second-order valence-corrected chi connectivity index (χ2v) is 8.51. The highest BCUT2D eigenvalue weighted by Crippen LogP contribution is 2.33. The summed E-state index contributed by atoms with van der Waals surface area (Å²) in [5.41, 5.74) is 9.17. The molecule has 0 unspecified atom stereocenters. The molecule has 0 spiro atoms. The van der Waals surface area contributed by atoms with Crippen LogP contribution in [0.3, 0.4) is 0 Å². The molecular weight excluding hydrogens is 482 g/mol. The molecule has 5 rings (SSSR count). The van der Waals surface area contributed by atoms with Crippen molar-refractivity contribution >= 4 is 46.5 Å². The Balaban J connectivity index is 1.50. The van der Waals surface area contributed by atoms with Crippen LogP contribution in [0.2, 0.25) is 5.02 Å². The van der Waals surface area contributed by atoms with Crippen LogP contribution in [0.15, 0.2) is 72.0 Å². The predicted octanol–water partition coefficient (Wildman–Crippen LogP) is 5.66. The maximum absolute atomic E-state index is 6.29. The number of nitrogens with one attached hydrogen (secondary N) is 1. The summed E-state index contributed by atoms with van der Waals surface area (Å²) in [7, 11) is 0. The monoisotopic (exact) mass is 499 g/mol. The van der Waals surface area contributed by atoms with Gasteiger partial charge in [-0.3, -0.25) is 4.98 Å². The Morgan fingerprint density at radius 2 is 1.80 bits per heavy atom. The molecule has 0 aliphatic rings. The van der Waals surface area contributed by atoms with Crippen LogP contribution in [0.25, 0.3) is 17.0 Å². The van der Waals surface area contributed by atoms with Crippen molar-refractivity contribution in [2.75, 3.05) is 17.3 Å². The van der Waals surface area contributed by atoms with Crippen molar-refractivity contribution in [2.24, 2.45) is 0 Å². The number of thioether (sulfide) groups is 1. The van der Waals surface area contributed by atoms with Crippen LogP contribution in [-0.4, -0.2) is 30.8 Å². The highest BCUT2D eigenvalue weighted by Gasteiger charge is 2.19. The van der Waals surface area contributed by atoms with E-state index in [1.54, 1.807) is 41.2 Å². The number of nitrogens with zero attached hydrogens (tertiary/aromatic N) is 5. The van der Waals surface area contributed by atoms with Gasteiger partial charge < -0.3 is 15.8 Å². The molecule has 0 amide bonds. The van der Waals surface area contributed by atoms with E-state index in [9.17, 15) is 0 Å². The fourth-order valence-corrected chi connectivity index (χ4v) is 4.14. The van der Waals surface area contributed by atoms with Gasteiger partial charge in [0.15, 0.2) is 0 Å². The van der Waals surface area contributed by atoms with Gasteiger partial charge in [-0.1, -0.05) is 23.6 Å². The first-order chi connectivity index (χ1) is 17.1. The van der Waals surface area contributed by atoms with E-state index < -0.39 is 0 Å². The van der Waals surface area contributed by atoms with Crippen LogP contribution >= 0.6 is 23.4 Å². The largest absolute Gasteiger partial charge is 0.457 e. The number of pyridine rings is 1. The van der Waals surface area contributed by atoms with Crippen molar-refractivity contribution in [3.63, 3.8) is 0 Å². The molecule has 0 fully saturated rings. The lowest BCUT2D eigenvalue weighted by molar-refractivity contribution is 0.482. The van der Waals surface area contributed by atoms with Gasteiger partial charge in [-0.2, -0.15) is 9.50 Å². The van der Waals surface area contributed by atoms with E-state index in [1.165, 1.54) is 11.8 Å². The van der Waals surface area contributed by atoms with Crippen molar-refractivity contribution in [3.8, 4) is 35.1 Å². The minimum Gasteiger partial charge on any atom is -0.457 e. The lowest BCUT2D eigenvalue weighted by Gasteiger charge is -2.11. The summed E-state index contributed by atoms with van der Waals surface area (Å²) < 4.78 is 7.42. The van der Waals surface area contributed by atoms with Crippen molar-refractivity contribution in [3.05, 3.63) is 77.6 Å². The van der Waals surface area contributed by atoms with E-state index in [-0.39, 0.29) is 0 Å². The number of nitrogen functional groups attached to an aromatic ring is 1. The Labute approximate surface area is 210 Å². The van der Waals surface area contributed by atoms with Crippen molar-refractivity contribution in [1.82, 2.24) is 24.6 Å². The zero-order valence-corrected chi connectivity index (χ0v) is 20.0. The molecule has 0 radical (unpaired) electrons. The molecule has 0 atom stereocenters. The second kappa shape index (κ2) is 9.54. The molecule has 8 nitrogen and oxygen atoms in total. The van der Waals surface area contributed by atoms with Crippen LogP contribution in [0.4, 0.5) is 17.3 Å². The maximum atomic E-state index is 6.29. The van der Waals surface area contributed by atoms with Crippen molar-refractivity contribution in [2.45, 2.75) is 5.03 Å². The highest BCUT2D eigenvalue weighted by atomic mass is 35.5. The Morgan fingerprint density at radius 1 is 1.06 bits per heavy atom. The van der Waals surface area contributed by atoms with Crippen LogP contribution in [0.1, 0.15) is 5.56 Å². The lowest BCUT2D eigenvalue weighted by Crippen LogP contribution is -2.03. The maximum Gasteiger partial charge on any atom is 0.255 e. The van der Waals surface area contributed by atoms with Gasteiger partial charge >= 0.3 is 0 Å². The Morgan fingerprint density at radius 3 is 2.49 bits per heavy atom. The predicted molar refractivity (Wildman–Crippen MR) is 139 cm³/mol. The number of rotatable bonds is 6. The normalized spacial score (nSPS) is 10.8. The van der Waals surface area contributed by atoms with Crippen LogP contribution < -0.4 is 15.8 Å². The summed E-state index contributed by atoms with van der Waals surface area (Å²) in [5.74, 6) is 4.90. The minimum absolute atomic E-state index is 0.365. The number of hydrogen-bond donors (Lipinski definition) is 2. The number of anilines is 3. The first-order valence-electron chi connectivity index (χ1n) is 10.4. The van der Waals surface area contributed by atoms with E-state index in [2.05, 4.69) is 31.3 Å². The fourth-order valence-electron chi connectivity index (χ4n) is 3.43. The van der Waals surface area contributed by atoms with E-state index in [0.717, 1.165) is 11.3 Å². The van der Waals surface area contributed by atoms with Crippen molar-refractivity contribution in [1.29, 1.82) is 0 Å². The molecule has 0 bridgehead atoms. The molecule has 3 N–H and O–H groups in total. The number of nitrogens with two attached hydrogens (primary N) is 1. The minimum atomic E-state index is 0.365. The molecule has 2 aromatic carbocycles. The molecule has 0 saturated carbocycles. The van der Waals surface area contributed by atoms with Crippen LogP contribution in [0, 0.1) is 12.3 Å². The Hall–Kier alpha value is -4.26. The molecule has 5 aromatic rings. The van der Waals surface area contributed by atoms with Gasteiger partial charge in [-0.15, -0.1) is 23.3 Å². The quantitative estimate of drug-likeness (QED) is 0.133. The zero-order valence-electron chi connectivity index (χ0n) is 18.4. The SMILES string of the molecule is C#Cc1c(SC)nc2nc(Nc3ccc(Oc4ccncc4)cc3)nn2c1-c1ccc(N)c(Cl)c1. The molecule has 172 valence electrons. The number of ether oxygens (including phenoxy) is 1. The molecule has 10 heteroatoms. The summed E-state index contributed by atoms with van der Waals surface area (Å²) in [6, 6.07) is 16.4. The number of aromatic nitrogens is 5. The third-order valence-corrected chi connectivity index (χ3v) is 6.07. The topological polar surface area (TPSA) is 103 Å². The van der Waals surface area contributed by atoms with E-state index in [0.29, 0.717) is 50.2 Å². The first kappa shape index (κ1) is 22.5. The van der Waals surface area contributed by atoms with Gasteiger partial charge in [0.05, 0.1) is 22.0 Å². The first-order valence-corrected chi connectivity index (χ1v) is 12.0. The van der Waals surface area contributed by atoms with Crippen LogP contribution in [-0.2, 0) is 0 Å². The molecule has 0 aliphatic heterocycles. The standard InChI is InChI=1S/C25H18ClN7OS/c1-3-19-22(15-4-9-21(27)20(26)14-15)33-25(30-23(19)35-2)31-24(32-33)29-16-5-7-17(8-6-16)34-18-10-12-28-13-11-18/h1,4-14H,27H2,2H3,(H,29,32). The summed E-state index contributed by atoms with van der Waals surface area (Å²) in [5, 5.41) is 8.92. The van der Waals surface area contributed by atoms with Gasteiger partial charge in [0.1, 0.15) is 16.5 Å². The zero-order chi connectivity index (χ0) is 24.4. The number of fused-ring (bicyclic) bond motifs is 1. The second-order valence-electron chi connectivity index (χ2n) is 7.31. The smallest absolute Gasteiger partial charge is 0.255 e. The number of benzene rings is 2. The Kier molecular flexibility index (Phi) is 6.14. The fraction of sp³-hybridized carbons (Fsp3) is 0.0400.